The Morgan fingerprint density at radius 1 is 0.867 bits per heavy atom. The summed E-state index contributed by atoms with van der Waals surface area (Å²) in [6.45, 7) is 7.57. The molecule has 0 atom stereocenters. The number of aromatic nitrogens is 2. The van der Waals surface area contributed by atoms with Crippen molar-refractivity contribution in [1.82, 2.24) is 15.1 Å². The Labute approximate surface area is 175 Å². The van der Waals surface area contributed by atoms with Crippen LogP contribution in [0.15, 0.2) is 30.3 Å². The molecule has 0 amide bonds. The van der Waals surface area contributed by atoms with E-state index < -0.39 is 5.82 Å². The lowest BCUT2D eigenvalue weighted by Crippen LogP contribution is -2.48. The first-order valence-corrected chi connectivity index (χ1v) is 10.3. The van der Waals surface area contributed by atoms with Gasteiger partial charge in [-0.3, -0.25) is 4.90 Å². The van der Waals surface area contributed by atoms with Crippen LogP contribution in [0.2, 0.25) is 0 Å². The second-order valence-electron chi connectivity index (χ2n) is 7.55. The number of aliphatic hydroxyl groups is 1. The summed E-state index contributed by atoms with van der Waals surface area (Å²) >= 11 is 0. The van der Waals surface area contributed by atoms with E-state index in [2.05, 4.69) is 29.8 Å². The molecule has 0 saturated carbocycles. The highest BCUT2D eigenvalue weighted by atomic mass is 19.1. The third-order valence-corrected chi connectivity index (χ3v) is 5.79. The fourth-order valence-electron chi connectivity index (χ4n) is 3.98. The normalized spacial score (nSPS) is 17.8. The number of anilines is 3. The molecule has 158 valence electrons. The largest absolute Gasteiger partial charge is 0.395 e. The summed E-state index contributed by atoms with van der Waals surface area (Å²) < 4.78 is 13.9. The first kappa shape index (κ1) is 20.3. The van der Waals surface area contributed by atoms with Gasteiger partial charge in [0.05, 0.1) is 12.2 Å². The third kappa shape index (κ3) is 4.45. The number of hydrogen-bond donors (Lipinski definition) is 1. The standard InChI is InChI=1S/C21H26FN7O/c22-19-15-18(2-1-17(19)16-23)27-9-11-29(12-10-27)21-4-3-20(24-25-21)28-7-5-26(6-8-28)13-14-30/h1-4,15,30H,5-14H2. The van der Waals surface area contributed by atoms with Gasteiger partial charge in [0.15, 0.2) is 11.6 Å². The highest BCUT2D eigenvalue weighted by molar-refractivity contribution is 5.53. The molecule has 2 aliphatic rings. The van der Waals surface area contributed by atoms with E-state index in [9.17, 15) is 4.39 Å². The van der Waals surface area contributed by atoms with Gasteiger partial charge in [-0.2, -0.15) is 5.26 Å². The molecule has 3 heterocycles. The molecule has 0 bridgehead atoms. The average Bonchev–Trinajstić information content (AvgIpc) is 2.80. The first-order valence-electron chi connectivity index (χ1n) is 10.3. The van der Waals surface area contributed by atoms with Gasteiger partial charge < -0.3 is 19.8 Å². The Kier molecular flexibility index (Phi) is 6.26. The number of β-amino-alcohol motifs (C(OH)–C–C–N with tert-alkyl or cyclic N) is 1. The number of benzene rings is 1. The summed E-state index contributed by atoms with van der Waals surface area (Å²) in [7, 11) is 0. The topological polar surface area (TPSA) is 82.8 Å². The molecule has 0 aliphatic carbocycles. The van der Waals surface area contributed by atoms with E-state index in [-0.39, 0.29) is 12.2 Å². The molecule has 8 nitrogen and oxygen atoms in total. The third-order valence-electron chi connectivity index (χ3n) is 5.79. The monoisotopic (exact) mass is 411 g/mol. The Morgan fingerprint density at radius 3 is 1.93 bits per heavy atom. The van der Waals surface area contributed by atoms with Crippen LogP contribution in [-0.4, -0.2) is 85.7 Å². The van der Waals surface area contributed by atoms with Crippen LogP contribution in [0.3, 0.4) is 0 Å². The van der Waals surface area contributed by atoms with Crippen LogP contribution >= 0.6 is 0 Å². The second kappa shape index (κ2) is 9.24. The van der Waals surface area contributed by atoms with Crippen molar-refractivity contribution in [1.29, 1.82) is 5.26 Å². The number of piperazine rings is 2. The van der Waals surface area contributed by atoms with Crippen LogP contribution in [0.25, 0.3) is 0 Å². The molecule has 2 aromatic rings. The van der Waals surface area contributed by atoms with Gasteiger partial charge in [-0.25, -0.2) is 4.39 Å². The highest BCUT2D eigenvalue weighted by Gasteiger charge is 2.21. The van der Waals surface area contributed by atoms with Crippen molar-refractivity contribution in [2.45, 2.75) is 0 Å². The van der Waals surface area contributed by atoms with Crippen molar-refractivity contribution in [2.75, 3.05) is 80.2 Å². The van der Waals surface area contributed by atoms with Gasteiger partial charge in [0.2, 0.25) is 0 Å². The van der Waals surface area contributed by atoms with Gasteiger partial charge in [0.1, 0.15) is 11.9 Å². The minimum atomic E-state index is -0.476. The number of halogens is 1. The van der Waals surface area contributed by atoms with Gasteiger partial charge in [0.25, 0.3) is 0 Å². The molecule has 30 heavy (non-hydrogen) atoms. The Hall–Kier alpha value is -2.96. The first-order chi connectivity index (χ1) is 14.7. The second-order valence-corrected chi connectivity index (χ2v) is 7.55. The van der Waals surface area contributed by atoms with E-state index in [1.165, 1.54) is 12.1 Å². The Morgan fingerprint density at radius 2 is 1.43 bits per heavy atom. The van der Waals surface area contributed by atoms with Crippen molar-refractivity contribution in [3.05, 3.63) is 41.7 Å². The van der Waals surface area contributed by atoms with E-state index in [1.807, 2.05) is 18.2 Å². The number of rotatable bonds is 5. The van der Waals surface area contributed by atoms with Gasteiger partial charge >= 0.3 is 0 Å². The molecule has 0 unspecified atom stereocenters. The lowest BCUT2D eigenvalue weighted by atomic mass is 10.2. The number of nitriles is 1. The molecule has 1 aromatic carbocycles. The lowest BCUT2D eigenvalue weighted by Gasteiger charge is -2.37. The van der Waals surface area contributed by atoms with Gasteiger partial charge in [-0.15, -0.1) is 10.2 Å². The lowest BCUT2D eigenvalue weighted by molar-refractivity contribution is 0.188. The molecule has 2 saturated heterocycles. The number of hydrogen-bond acceptors (Lipinski definition) is 8. The van der Waals surface area contributed by atoms with E-state index in [4.69, 9.17) is 10.4 Å². The molecule has 2 aliphatic heterocycles. The summed E-state index contributed by atoms with van der Waals surface area (Å²) in [5.74, 6) is 1.26. The van der Waals surface area contributed by atoms with Crippen LogP contribution in [0.5, 0.6) is 0 Å². The zero-order valence-corrected chi connectivity index (χ0v) is 16.9. The fourth-order valence-corrected chi connectivity index (χ4v) is 3.98. The molecule has 9 heteroatoms. The molecule has 0 spiro atoms. The van der Waals surface area contributed by atoms with Crippen molar-refractivity contribution in [3.63, 3.8) is 0 Å². The Balaban J connectivity index is 1.32. The smallest absolute Gasteiger partial charge is 0.151 e. The van der Waals surface area contributed by atoms with Gasteiger partial charge in [-0.05, 0) is 30.3 Å². The summed E-state index contributed by atoms with van der Waals surface area (Å²) in [4.78, 5) is 8.78. The van der Waals surface area contributed by atoms with Crippen LogP contribution in [-0.2, 0) is 0 Å². The predicted molar refractivity (Wildman–Crippen MR) is 113 cm³/mol. The molecule has 0 radical (unpaired) electrons. The zero-order chi connectivity index (χ0) is 20.9. The summed E-state index contributed by atoms with van der Waals surface area (Å²) in [6.07, 6.45) is 0. The van der Waals surface area contributed by atoms with E-state index in [0.29, 0.717) is 0 Å². The quantitative estimate of drug-likeness (QED) is 0.778. The maximum absolute atomic E-state index is 13.9. The van der Waals surface area contributed by atoms with E-state index in [0.717, 1.165) is 76.2 Å². The SMILES string of the molecule is N#Cc1ccc(N2CCN(c3ccc(N4CCN(CCO)CC4)nn3)CC2)cc1F. The minimum Gasteiger partial charge on any atom is -0.395 e. The molecule has 2 fully saturated rings. The fraction of sp³-hybridized carbons (Fsp3) is 0.476. The summed E-state index contributed by atoms with van der Waals surface area (Å²) in [5.41, 5.74) is 0.871. The van der Waals surface area contributed by atoms with E-state index in [1.54, 1.807) is 6.07 Å². The maximum atomic E-state index is 13.9. The van der Waals surface area contributed by atoms with Crippen LogP contribution in [0.1, 0.15) is 5.56 Å². The van der Waals surface area contributed by atoms with Crippen LogP contribution in [0.4, 0.5) is 21.7 Å². The molecular weight excluding hydrogens is 385 g/mol. The minimum absolute atomic E-state index is 0.0718. The zero-order valence-electron chi connectivity index (χ0n) is 16.9. The molecule has 4 rings (SSSR count). The van der Waals surface area contributed by atoms with Gasteiger partial charge in [-0.1, -0.05) is 0 Å². The maximum Gasteiger partial charge on any atom is 0.151 e. The highest BCUT2D eigenvalue weighted by Crippen LogP contribution is 2.22. The molecular formula is C21H26FN7O. The van der Waals surface area contributed by atoms with Crippen LogP contribution in [0, 0.1) is 17.1 Å². The number of aliphatic hydroxyl groups excluding tert-OH is 1. The predicted octanol–water partition coefficient (Wildman–Crippen LogP) is 0.928. The van der Waals surface area contributed by atoms with Crippen molar-refractivity contribution < 1.29 is 9.50 Å². The summed E-state index contributed by atoms with van der Waals surface area (Å²) in [6, 6.07) is 10.7. The van der Waals surface area contributed by atoms with Gasteiger partial charge in [0, 0.05) is 64.6 Å². The average molecular weight is 411 g/mol. The van der Waals surface area contributed by atoms with Crippen LogP contribution < -0.4 is 14.7 Å². The Bertz CT molecular complexity index is 885. The van der Waals surface area contributed by atoms with E-state index >= 15 is 0 Å². The van der Waals surface area contributed by atoms with Crippen molar-refractivity contribution >= 4 is 17.3 Å². The van der Waals surface area contributed by atoms with Crippen molar-refractivity contribution in [3.8, 4) is 6.07 Å². The van der Waals surface area contributed by atoms with Crippen molar-refractivity contribution in [2.24, 2.45) is 0 Å². The molecule has 1 aromatic heterocycles. The molecule has 1 N–H and O–H groups in total. The summed E-state index contributed by atoms with van der Waals surface area (Å²) in [5, 5.41) is 26.8. The number of nitrogens with zero attached hydrogens (tertiary/aromatic N) is 7.